The number of ether oxygens (including phenoxy) is 3. The fraction of sp³-hybridized carbons (Fsp3) is 0.316. The van der Waals surface area contributed by atoms with Crippen molar-refractivity contribution in [1.82, 2.24) is 0 Å². The molecule has 0 aromatic heterocycles. The lowest BCUT2D eigenvalue weighted by Gasteiger charge is -2.14. The molecule has 0 atom stereocenters. The Morgan fingerprint density at radius 1 is 0.958 bits per heavy atom. The van der Waals surface area contributed by atoms with Gasteiger partial charge in [-0.15, -0.1) is 0 Å². The predicted octanol–water partition coefficient (Wildman–Crippen LogP) is 3.59. The van der Waals surface area contributed by atoms with Gasteiger partial charge in [-0.25, -0.2) is 0 Å². The third-order valence-electron chi connectivity index (χ3n) is 3.71. The molecule has 0 aliphatic carbocycles. The van der Waals surface area contributed by atoms with Crippen molar-refractivity contribution in [2.75, 3.05) is 26.6 Å². The summed E-state index contributed by atoms with van der Waals surface area (Å²) in [7, 11) is 4.63. The van der Waals surface area contributed by atoms with Crippen molar-refractivity contribution in [2.45, 2.75) is 19.8 Å². The van der Waals surface area contributed by atoms with Crippen LogP contribution in [0.25, 0.3) is 0 Å². The molecule has 2 aromatic carbocycles. The van der Waals surface area contributed by atoms with E-state index in [4.69, 9.17) is 14.2 Å². The van der Waals surface area contributed by atoms with E-state index in [1.807, 2.05) is 31.2 Å². The van der Waals surface area contributed by atoms with Crippen molar-refractivity contribution in [3.63, 3.8) is 0 Å². The van der Waals surface area contributed by atoms with Gasteiger partial charge in [0.25, 0.3) is 0 Å². The fourth-order valence-electron chi connectivity index (χ4n) is 2.39. The monoisotopic (exact) mass is 329 g/mol. The van der Waals surface area contributed by atoms with Gasteiger partial charge in [0.2, 0.25) is 11.7 Å². The Kier molecular flexibility index (Phi) is 6.07. The molecule has 2 aromatic rings. The van der Waals surface area contributed by atoms with Crippen LogP contribution in [0.2, 0.25) is 0 Å². The molecule has 0 aliphatic rings. The maximum Gasteiger partial charge on any atom is 0.224 e. The van der Waals surface area contributed by atoms with Gasteiger partial charge in [0.05, 0.1) is 21.3 Å². The van der Waals surface area contributed by atoms with Gasteiger partial charge in [-0.2, -0.15) is 0 Å². The summed E-state index contributed by atoms with van der Waals surface area (Å²) in [4.78, 5) is 12.2. The summed E-state index contributed by atoms with van der Waals surface area (Å²) < 4.78 is 15.8. The van der Waals surface area contributed by atoms with Crippen molar-refractivity contribution in [3.05, 3.63) is 47.5 Å². The maximum atomic E-state index is 12.2. The molecule has 0 radical (unpaired) electrons. The minimum atomic E-state index is -0.0650. The first-order valence-electron chi connectivity index (χ1n) is 7.72. The van der Waals surface area contributed by atoms with Gasteiger partial charge >= 0.3 is 0 Å². The standard InChI is InChI=1S/C19H23NO4/c1-13-5-7-14(8-6-13)9-10-18(21)20-15-11-16(22-2)19(24-4)17(12-15)23-3/h5-8,11-12H,9-10H2,1-4H3,(H,20,21). The normalized spacial score (nSPS) is 10.2. The number of benzene rings is 2. The van der Waals surface area contributed by atoms with E-state index in [1.165, 1.54) is 5.56 Å². The molecule has 1 amide bonds. The number of anilines is 1. The van der Waals surface area contributed by atoms with Crippen molar-refractivity contribution < 1.29 is 19.0 Å². The van der Waals surface area contributed by atoms with Crippen molar-refractivity contribution >= 4 is 11.6 Å². The van der Waals surface area contributed by atoms with Crippen molar-refractivity contribution in [1.29, 1.82) is 0 Å². The minimum absolute atomic E-state index is 0.0650. The second kappa shape index (κ2) is 8.24. The molecule has 0 aliphatic heterocycles. The number of hydrogen-bond donors (Lipinski definition) is 1. The predicted molar refractivity (Wildman–Crippen MR) is 94.2 cm³/mol. The molecule has 0 bridgehead atoms. The van der Waals surface area contributed by atoms with E-state index in [-0.39, 0.29) is 5.91 Å². The zero-order valence-corrected chi connectivity index (χ0v) is 14.5. The minimum Gasteiger partial charge on any atom is -0.493 e. The zero-order valence-electron chi connectivity index (χ0n) is 14.5. The molecule has 0 saturated carbocycles. The molecule has 24 heavy (non-hydrogen) atoms. The second-order valence-electron chi connectivity index (χ2n) is 5.45. The first-order chi connectivity index (χ1) is 11.6. The largest absolute Gasteiger partial charge is 0.493 e. The van der Waals surface area contributed by atoms with Crippen LogP contribution in [0.5, 0.6) is 17.2 Å². The quantitative estimate of drug-likeness (QED) is 0.843. The van der Waals surface area contributed by atoms with E-state index < -0.39 is 0 Å². The van der Waals surface area contributed by atoms with Crippen LogP contribution in [0.15, 0.2) is 36.4 Å². The lowest BCUT2D eigenvalue weighted by atomic mass is 10.1. The Labute approximate surface area is 142 Å². The van der Waals surface area contributed by atoms with Gasteiger partial charge in [-0.3, -0.25) is 4.79 Å². The number of rotatable bonds is 7. The Hall–Kier alpha value is -2.69. The molecule has 0 spiro atoms. The first kappa shape index (κ1) is 17.7. The smallest absolute Gasteiger partial charge is 0.224 e. The third-order valence-corrected chi connectivity index (χ3v) is 3.71. The highest BCUT2D eigenvalue weighted by Gasteiger charge is 2.14. The van der Waals surface area contributed by atoms with Gasteiger partial charge in [-0.05, 0) is 18.9 Å². The van der Waals surface area contributed by atoms with E-state index in [1.54, 1.807) is 33.5 Å². The highest BCUT2D eigenvalue weighted by Crippen LogP contribution is 2.39. The van der Waals surface area contributed by atoms with E-state index in [2.05, 4.69) is 5.32 Å². The number of carbonyl (C=O) groups is 1. The highest BCUT2D eigenvalue weighted by molar-refractivity contribution is 5.91. The summed E-state index contributed by atoms with van der Waals surface area (Å²) in [5.41, 5.74) is 2.96. The summed E-state index contributed by atoms with van der Waals surface area (Å²) >= 11 is 0. The molecule has 5 nitrogen and oxygen atoms in total. The van der Waals surface area contributed by atoms with Gasteiger partial charge in [-0.1, -0.05) is 29.8 Å². The van der Waals surface area contributed by atoms with Gasteiger partial charge in [0.1, 0.15) is 0 Å². The Morgan fingerprint density at radius 2 is 1.54 bits per heavy atom. The van der Waals surface area contributed by atoms with Crippen LogP contribution in [-0.2, 0) is 11.2 Å². The lowest BCUT2D eigenvalue weighted by Crippen LogP contribution is -2.12. The number of hydrogen-bond acceptors (Lipinski definition) is 4. The van der Waals surface area contributed by atoms with Crippen LogP contribution in [0.1, 0.15) is 17.5 Å². The van der Waals surface area contributed by atoms with E-state index in [0.29, 0.717) is 35.8 Å². The van der Waals surface area contributed by atoms with Crippen LogP contribution in [0, 0.1) is 6.92 Å². The molecule has 1 N–H and O–H groups in total. The molecular weight excluding hydrogens is 306 g/mol. The number of amides is 1. The van der Waals surface area contributed by atoms with Crippen LogP contribution < -0.4 is 19.5 Å². The Balaban J connectivity index is 2.04. The summed E-state index contributed by atoms with van der Waals surface area (Å²) in [5, 5.41) is 2.87. The molecule has 0 fully saturated rings. The molecule has 5 heteroatoms. The van der Waals surface area contributed by atoms with Gasteiger partial charge < -0.3 is 19.5 Å². The molecule has 0 saturated heterocycles. The fourth-order valence-corrected chi connectivity index (χ4v) is 2.39. The average Bonchev–Trinajstić information content (AvgIpc) is 2.60. The Morgan fingerprint density at radius 3 is 2.04 bits per heavy atom. The second-order valence-corrected chi connectivity index (χ2v) is 5.45. The van der Waals surface area contributed by atoms with Crippen LogP contribution in [-0.4, -0.2) is 27.2 Å². The number of nitrogens with one attached hydrogen (secondary N) is 1. The first-order valence-corrected chi connectivity index (χ1v) is 7.72. The SMILES string of the molecule is COc1cc(NC(=O)CCc2ccc(C)cc2)cc(OC)c1OC. The van der Waals surface area contributed by atoms with Gasteiger partial charge in [0, 0.05) is 24.2 Å². The number of carbonyl (C=O) groups excluding carboxylic acids is 1. The summed E-state index contributed by atoms with van der Waals surface area (Å²) in [6, 6.07) is 11.6. The topological polar surface area (TPSA) is 56.8 Å². The van der Waals surface area contributed by atoms with Crippen LogP contribution in [0.4, 0.5) is 5.69 Å². The average molecular weight is 329 g/mol. The molecule has 2 rings (SSSR count). The third kappa shape index (κ3) is 4.41. The summed E-state index contributed by atoms with van der Waals surface area (Å²) in [5.74, 6) is 1.44. The number of aryl methyl sites for hydroxylation is 2. The van der Waals surface area contributed by atoms with Crippen LogP contribution >= 0.6 is 0 Å². The van der Waals surface area contributed by atoms with Crippen molar-refractivity contribution in [2.24, 2.45) is 0 Å². The molecule has 0 heterocycles. The summed E-state index contributed by atoms with van der Waals surface area (Å²) in [6.07, 6.45) is 1.09. The van der Waals surface area contributed by atoms with E-state index in [9.17, 15) is 4.79 Å². The van der Waals surface area contributed by atoms with E-state index >= 15 is 0 Å². The van der Waals surface area contributed by atoms with E-state index in [0.717, 1.165) is 5.56 Å². The van der Waals surface area contributed by atoms with Gasteiger partial charge in [0.15, 0.2) is 11.5 Å². The van der Waals surface area contributed by atoms with Crippen LogP contribution in [0.3, 0.4) is 0 Å². The summed E-state index contributed by atoms with van der Waals surface area (Å²) in [6.45, 7) is 2.04. The van der Waals surface area contributed by atoms with Crippen molar-refractivity contribution in [3.8, 4) is 17.2 Å². The molecular formula is C19H23NO4. The molecule has 0 unspecified atom stereocenters. The highest BCUT2D eigenvalue weighted by atomic mass is 16.5. The zero-order chi connectivity index (χ0) is 17.5. The Bertz CT molecular complexity index is 670. The lowest BCUT2D eigenvalue weighted by molar-refractivity contribution is -0.116. The molecule has 128 valence electrons. The maximum absolute atomic E-state index is 12.2. The number of methoxy groups -OCH3 is 3.